The van der Waals surface area contributed by atoms with Gasteiger partial charge in [-0.05, 0) is 42.5 Å². The summed E-state index contributed by atoms with van der Waals surface area (Å²) in [5.74, 6) is -2.47. The maximum Gasteiger partial charge on any atom is 0.259 e. The Bertz CT molecular complexity index is 1120. The van der Waals surface area contributed by atoms with E-state index in [0.29, 0.717) is 22.0 Å². The fourth-order valence-electron chi connectivity index (χ4n) is 2.56. The largest absolute Gasteiger partial charge is 0.306 e. The third kappa shape index (κ3) is 2.84. The molecule has 26 heavy (non-hydrogen) atoms. The van der Waals surface area contributed by atoms with Gasteiger partial charge in [0.15, 0.2) is 4.96 Å². The van der Waals surface area contributed by atoms with Crippen LogP contribution in [0.5, 0.6) is 0 Å². The van der Waals surface area contributed by atoms with Gasteiger partial charge < -0.3 is 5.32 Å². The highest BCUT2D eigenvalue weighted by molar-refractivity contribution is 7.15. The lowest BCUT2D eigenvalue weighted by atomic mass is 10.1. The van der Waals surface area contributed by atoms with Gasteiger partial charge in [-0.1, -0.05) is 0 Å². The maximum absolute atomic E-state index is 13.9. The zero-order chi connectivity index (χ0) is 18.3. The molecule has 2 aromatic heterocycles. The van der Waals surface area contributed by atoms with Gasteiger partial charge in [0.25, 0.3) is 5.91 Å². The highest BCUT2D eigenvalue weighted by atomic mass is 32.1. The summed E-state index contributed by atoms with van der Waals surface area (Å²) < 4.78 is 42.1. The number of aromatic nitrogens is 2. The molecule has 1 N–H and O–H groups in total. The molecule has 0 atom stereocenters. The molecule has 0 aliphatic rings. The Kier molecular flexibility index (Phi) is 3.96. The number of nitrogens with one attached hydrogen (secondary N) is 1. The van der Waals surface area contributed by atoms with Crippen LogP contribution in [-0.4, -0.2) is 15.3 Å². The average molecular weight is 373 g/mol. The zero-order valence-electron chi connectivity index (χ0n) is 13.0. The fourth-order valence-corrected chi connectivity index (χ4v) is 3.27. The number of carbonyl (C=O) groups is 1. The van der Waals surface area contributed by atoms with Crippen molar-refractivity contribution in [1.29, 1.82) is 0 Å². The lowest BCUT2D eigenvalue weighted by Gasteiger charge is -2.08. The number of thiazole rings is 1. The predicted octanol–water partition coefficient (Wildman–Crippen LogP) is 4.73. The highest BCUT2D eigenvalue weighted by Gasteiger charge is 2.20. The van der Waals surface area contributed by atoms with Gasteiger partial charge in [-0.25, -0.2) is 18.2 Å². The molecule has 0 fully saturated rings. The normalized spacial score (nSPS) is 11.0. The van der Waals surface area contributed by atoms with Crippen molar-refractivity contribution in [1.82, 2.24) is 9.38 Å². The van der Waals surface area contributed by atoms with E-state index in [0.717, 1.165) is 18.2 Å². The molecule has 0 radical (unpaired) electrons. The SMILES string of the molecule is O=C(Nc1c(-c2ccc(F)cc2)nc2sccn12)c1cc(F)ccc1F. The Balaban J connectivity index is 1.79. The molecule has 0 bridgehead atoms. The standard InChI is InChI=1S/C18H10F3N3OS/c19-11-3-1-10(2-4-11)15-16(24-7-8-26-18(24)22-15)23-17(25)13-9-12(20)5-6-14(13)21/h1-9H,(H,23,25). The lowest BCUT2D eigenvalue weighted by Crippen LogP contribution is -2.15. The third-order valence-electron chi connectivity index (χ3n) is 3.78. The number of imidazole rings is 1. The van der Waals surface area contributed by atoms with Gasteiger partial charge in [0.05, 0.1) is 5.56 Å². The van der Waals surface area contributed by atoms with Crippen molar-refractivity contribution in [2.45, 2.75) is 0 Å². The molecule has 4 nitrogen and oxygen atoms in total. The first kappa shape index (κ1) is 16.3. The van der Waals surface area contributed by atoms with Crippen molar-refractivity contribution in [2.24, 2.45) is 0 Å². The molecule has 0 unspecified atom stereocenters. The quantitative estimate of drug-likeness (QED) is 0.564. The number of hydrogen-bond donors (Lipinski definition) is 1. The van der Waals surface area contributed by atoms with Crippen molar-refractivity contribution in [3.63, 3.8) is 0 Å². The molecule has 0 saturated heterocycles. The summed E-state index contributed by atoms with van der Waals surface area (Å²) in [5, 5.41) is 4.36. The minimum atomic E-state index is -0.835. The van der Waals surface area contributed by atoms with Crippen LogP contribution in [0.1, 0.15) is 10.4 Å². The molecule has 2 aromatic carbocycles. The summed E-state index contributed by atoms with van der Waals surface area (Å²) in [6.07, 6.45) is 1.69. The second-order valence-electron chi connectivity index (χ2n) is 5.45. The summed E-state index contributed by atoms with van der Waals surface area (Å²) in [6.45, 7) is 0. The van der Waals surface area contributed by atoms with Gasteiger partial charge in [-0.15, -0.1) is 11.3 Å². The van der Waals surface area contributed by atoms with Crippen LogP contribution in [0, 0.1) is 17.5 Å². The summed E-state index contributed by atoms with van der Waals surface area (Å²) >= 11 is 1.34. The second-order valence-corrected chi connectivity index (χ2v) is 6.32. The molecule has 4 aromatic rings. The number of fused-ring (bicyclic) bond motifs is 1. The van der Waals surface area contributed by atoms with E-state index in [4.69, 9.17) is 0 Å². The number of carbonyl (C=O) groups excluding carboxylic acids is 1. The van der Waals surface area contributed by atoms with Crippen molar-refractivity contribution in [2.75, 3.05) is 5.32 Å². The van der Waals surface area contributed by atoms with Crippen LogP contribution in [0.4, 0.5) is 19.0 Å². The Hall–Kier alpha value is -3.13. The first-order valence-electron chi connectivity index (χ1n) is 7.51. The smallest absolute Gasteiger partial charge is 0.259 e. The van der Waals surface area contributed by atoms with Crippen LogP contribution in [0.3, 0.4) is 0 Å². The summed E-state index contributed by atoms with van der Waals surface area (Å²) in [5.41, 5.74) is 0.569. The first-order valence-corrected chi connectivity index (χ1v) is 8.39. The van der Waals surface area contributed by atoms with Gasteiger partial charge in [0.2, 0.25) is 0 Å². The second kappa shape index (κ2) is 6.30. The number of amides is 1. The maximum atomic E-state index is 13.9. The van der Waals surface area contributed by atoms with E-state index in [2.05, 4.69) is 10.3 Å². The average Bonchev–Trinajstić information content (AvgIpc) is 3.20. The van der Waals surface area contributed by atoms with Crippen LogP contribution >= 0.6 is 11.3 Å². The molecule has 0 aliphatic heterocycles. The molecule has 0 saturated carbocycles. The van der Waals surface area contributed by atoms with E-state index in [9.17, 15) is 18.0 Å². The molecule has 8 heteroatoms. The highest BCUT2D eigenvalue weighted by Crippen LogP contribution is 2.31. The van der Waals surface area contributed by atoms with E-state index in [-0.39, 0.29) is 0 Å². The van der Waals surface area contributed by atoms with Gasteiger partial charge in [0, 0.05) is 17.1 Å². The topological polar surface area (TPSA) is 46.4 Å². The Labute approximate surface area is 149 Å². The van der Waals surface area contributed by atoms with Crippen molar-refractivity contribution >= 4 is 28.0 Å². The number of halogens is 3. The first-order chi connectivity index (χ1) is 12.5. The minimum absolute atomic E-state index is 0.293. The van der Waals surface area contributed by atoms with E-state index in [1.807, 2.05) is 0 Å². The van der Waals surface area contributed by atoms with Gasteiger partial charge in [-0.2, -0.15) is 0 Å². The number of nitrogens with zero attached hydrogens (tertiary/aromatic N) is 2. The monoisotopic (exact) mass is 373 g/mol. The van der Waals surface area contributed by atoms with Gasteiger partial charge in [-0.3, -0.25) is 9.20 Å². The minimum Gasteiger partial charge on any atom is -0.306 e. The van der Waals surface area contributed by atoms with Crippen LogP contribution in [0.2, 0.25) is 0 Å². The fraction of sp³-hybridized carbons (Fsp3) is 0. The van der Waals surface area contributed by atoms with E-state index in [1.165, 1.54) is 35.6 Å². The van der Waals surface area contributed by atoms with Crippen LogP contribution < -0.4 is 5.32 Å². The zero-order valence-corrected chi connectivity index (χ0v) is 13.9. The van der Waals surface area contributed by atoms with Crippen molar-refractivity contribution in [3.05, 3.63) is 77.1 Å². The molecule has 130 valence electrons. The number of hydrogen-bond acceptors (Lipinski definition) is 3. The molecule has 2 heterocycles. The van der Waals surface area contributed by atoms with Crippen LogP contribution in [0.15, 0.2) is 54.0 Å². The van der Waals surface area contributed by atoms with E-state index in [1.54, 1.807) is 16.0 Å². The predicted molar refractivity (Wildman–Crippen MR) is 92.8 cm³/mol. The summed E-state index contributed by atoms with van der Waals surface area (Å²) in [6, 6.07) is 8.27. The molecule has 0 aliphatic carbocycles. The van der Waals surface area contributed by atoms with Gasteiger partial charge in [0.1, 0.15) is 29.0 Å². The third-order valence-corrected chi connectivity index (χ3v) is 4.54. The van der Waals surface area contributed by atoms with E-state index < -0.39 is 28.9 Å². The molecular formula is C18H10F3N3OS. The number of benzene rings is 2. The Morgan fingerprint density at radius 2 is 1.77 bits per heavy atom. The Morgan fingerprint density at radius 1 is 1.04 bits per heavy atom. The Morgan fingerprint density at radius 3 is 2.54 bits per heavy atom. The van der Waals surface area contributed by atoms with Gasteiger partial charge >= 0.3 is 0 Å². The van der Waals surface area contributed by atoms with Crippen molar-refractivity contribution < 1.29 is 18.0 Å². The van der Waals surface area contributed by atoms with Crippen LogP contribution in [0.25, 0.3) is 16.2 Å². The molecule has 0 spiro atoms. The number of rotatable bonds is 3. The van der Waals surface area contributed by atoms with Crippen LogP contribution in [-0.2, 0) is 0 Å². The lowest BCUT2D eigenvalue weighted by molar-refractivity contribution is 0.102. The molecular weight excluding hydrogens is 363 g/mol. The van der Waals surface area contributed by atoms with E-state index >= 15 is 0 Å². The number of anilines is 1. The molecule has 4 rings (SSSR count). The summed E-state index contributed by atoms with van der Waals surface area (Å²) in [7, 11) is 0. The van der Waals surface area contributed by atoms with Crippen molar-refractivity contribution in [3.8, 4) is 11.3 Å². The molecule has 1 amide bonds. The summed E-state index contributed by atoms with van der Waals surface area (Å²) in [4.78, 5) is 17.5.